The second kappa shape index (κ2) is 8.68. The Morgan fingerprint density at radius 2 is 1.52 bits per heavy atom. The van der Waals surface area contributed by atoms with E-state index in [9.17, 15) is 4.79 Å². The fourth-order valence-electron chi connectivity index (χ4n) is 2.70. The number of carbonyl (C=O) groups excluding carboxylic acids is 1. The van der Waals surface area contributed by atoms with Crippen LogP contribution >= 0.6 is 11.3 Å². The van der Waals surface area contributed by atoms with Crippen molar-refractivity contribution in [3.05, 3.63) is 53.5 Å². The summed E-state index contributed by atoms with van der Waals surface area (Å²) in [6.45, 7) is 2.10. The summed E-state index contributed by atoms with van der Waals surface area (Å²) in [5.74, 6) is 1.60. The number of methoxy groups -OCH3 is 2. The third-order valence-electron chi connectivity index (χ3n) is 4.10. The van der Waals surface area contributed by atoms with Crippen LogP contribution in [0.4, 0.5) is 0 Å². The molecule has 0 saturated carbocycles. The van der Waals surface area contributed by atoms with Gasteiger partial charge in [-0.3, -0.25) is 4.79 Å². The van der Waals surface area contributed by atoms with Crippen LogP contribution in [0.3, 0.4) is 0 Å². The number of amides is 1. The van der Waals surface area contributed by atoms with Crippen molar-refractivity contribution in [3.63, 3.8) is 0 Å². The van der Waals surface area contributed by atoms with Gasteiger partial charge in [0.15, 0.2) is 0 Å². The Bertz CT molecular complexity index is 837. The zero-order chi connectivity index (χ0) is 19.2. The number of carbonyl (C=O) groups is 1. The van der Waals surface area contributed by atoms with Crippen molar-refractivity contribution in [2.24, 2.45) is 0 Å². The second-order valence-corrected chi connectivity index (χ2v) is 7.06. The summed E-state index contributed by atoms with van der Waals surface area (Å²) in [5, 5.41) is 3.81. The standard InChI is InChI=1S/C21H22N2O3S/c1-14(24)22-13-12-19-23-20(15-4-8-17(25-2)9-5-15)21(27-19)16-6-10-18(26-3)11-7-16/h4-11H,12-13H2,1-3H3,(H,22,24). The molecule has 140 valence electrons. The van der Waals surface area contributed by atoms with Gasteiger partial charge in [-0.05, 0) is 54.1 Å². The molecule has 1 N–H and O–H groups in total. The highest BCUT2D eigenvalue weighted by Gasteiger charge is 2.15. The molecular weight excluding hydrogens is 360 g/mol. The maximum Gasteiger partial charge on any atom is 0.216 e. The van der Waals surface area contributed by atoms with Crippen molar-refractivity contribution in [1.82, 2.24) is 10.3 Å². The Hall–Kier alpha value is -2.86. The maximum absolute atomic E-state index is 11.1. The van der Waals surface area contributed by atoms with E-state index in [2.05, 4.69) is 5.32 Å². The summed E-state index contributed by atoms with van der Waals surface area (Å²) >= 11 is 1.65. The third-order valence-corrected chi connectivity index (χ3v) is 5.26. The van der Waals surface area contributed by atoms with Gasteiger partial charge in [-0.2, -0.15) is 0 Å². The molecule has 0 fully saturated rings. The van der Waals surface area contributed by atoms with Gasteiger partial charge in [0.1, 0.15) is 11.5 Å². The molecule has 0 aliphatic heterocycles. The van der Waals surface area contributed by atoms with E-state index in [-0.39, 0.29) is 5.91 Å². The minimum absolute atomic E-state index is 0.0303. The molecule has 0 unspecified atom stereocenters. The van der Waals surface area contributed by atoms with E-state index in [0.29, 0.717) is 13.0 Å². The summed E-state index contributed by atoms with van der Waals surface area (Å²) in [6.07, 6.45) is 0.698. The molecule has 3 aromatic rings. The van der Waals surface area contributed by atoms with Gasteiger partial charge in [0.05, 0.1) is 29.8 Å². The number of hydrogen-bond acceptors (Lipinski definition) is 5. The average molecular weight is 382 g/mol. The van der Waals surface area contributed by atoms with Crippen molar-refractivity contribution >= 4 is 17.2 Å². The molecule has 0 radical (unpaired) electrons. The molecule has 2 aromatic carbocycles. The van der Waals surface area contributed by atoms with Gasteiger partial charge >= 0.3 is 0 Å². The van der Waals surface area contributed by atoms with Crippen LogP contribution in [0.25, 0.3) is 21.7 Å². The van der Waals surface area contributed by atoms with E-state index in [1.807, 2.05) is 48.5 Å². The molecule has 0 spiro atoms. The SMILES string of the molecule is COc1ccc(-c2nc(CCNC(C)=O)sc2-c2ccc(OC)cc2)cc1. The molecular formula is C21H22N2O3S. The number of ether oxygens (including phenoxy) is 2. The molecule has 0 aliphatic rings. The van der Waals surface area contributed by atoms with Gasteiger partial charge in [-0.1, -0.05) is 0 Å². The Morgan fingerprint density at radius 1 is 0.963 bits per heavy atom. The highest BCUT2D eigenvalue weighted by molar-refractivity contribution is 7.15. The van der Waals surface area contributed by atoms with E-state index in [0.717, 1.165) is 38.2 Å². The lowest BCUT2D eigenvalue weighted by Gasteiger charge is -2.05. The van der Waals surface area contributed by atoms with Crippen LogP contribution in [0.15, 0.2) is 48.5 Å². The number of rotatable bonds is 7. The average Bonchev–Trinajstić information content (AvgIpc) is 3.12. The van der Waals surface area contributed by atoms with E-state index in [1.54, 1.807) is 25.6 Å². The fourth-order valence-corrected chi connectivity index (χ4v) is 3.79. The zero-order valence-electron chi connectivity index (χ0n) is 15.6. The van der Waals surface area contributed by atoms with Crippen LogP contribution in [0.5, 0.6) is 11.5 Å². The quantitative estimate of drug-likeness (QED) is 0.666. The van der Waals surface area contributed by atoms with Crippen molar-refractivity contribution in [3.8, 4) is 33.2 Å². The van der Waals surface area contributed by atoms with Crippen LogP contribution in [0.1, 0.15) is 11.9 Å². The van der Waals surface area contributed by atoms with Gasteiger partial charge in [0, 0.05) is 25.5 Å². The molecule has 0 aliphatic carbocycles. The molecule has 0 bridgehead atoms. The first-order chi connectivity index (χ1) is 13.1. The largest absolute Gasteiger partial charge is 0.497 e. The number of nitrogens with zero attached hydrogens (tertiary/aromatic N) is 1. The Kier molecular flexibility index (Phi) is 6.08. The number of benzene rings is 2. The smallest absolute Gasteiger partial charge is 0.216 e. The lowest BCUT2D eigenvalue weighted by atomic mass is 10.1. The van der Waals surface area contributed by atoms with Crippen molar-refractivity contribution in [2.45, 2.75) is 13.3 Å². The highest BCUT2D eigenvalue weighted by atomic mass is 32.1. The minimum atomic E-state index is -0.0303. The van der Waals surface area contributed by atoms with E-state index in [4.69, 9.17) is 14.5 Å². The zero-order valence-corrected chi connectivity index (χ0v) is 16.4. The van der Waals surface area contributed by atoms with Crippen molar-refractivity contribution in [2.75, 3.05) is 20.8 Å². The number of hydrogen-bond donors (Lipinski definition) is 1. The molecule has 3 rings (SSSR count). The minimum Gasteiger partial charge on any atom is -0.497 e. The normalized spacial score (nSPS) is 10.5. The van der Waals surface area contributed by atoms with Crippen LogP contribution in [-0.4, -0.2) is 31.7 Å². The molecule has 1 heterocycles. The molecule has 1 amide bonds. The lowest BCUT2D eigenvalue weighted by Crippen LogP contribution is -2.22. The molecule has 0 saturated heterocycles. The summed E-state index contributed by atoms with van der Waals surface area (Å²) in [4.78, 5) is 17.1. The summed E-state index contributed by atoms with van der Waals surface area (Å²) in [5.41, 5.74) is 3.05. The first kappa shape index (κ1) is 18.9. The summed E-state index contributed by atoms with van der Waals surface area (Å²) in [7, 11) is 3.31. The molecule has 6 heteroatoms. The molecule has 5 nitrogen and oxygen atoms in total. The third kappa shape index (κ3) is 4.65. The van der Waals surface area contributed by atoms with Gasteiger partial charge < -0.3 is 14.8 Å². The summed E-state index contributed by atoms with van der Waals surface area (Å²) < 4.78 is 10.5. The number of nitrogens with one attached hydrogen (secondary N) is 1. The Labute approximate surface area is 163 Å². The van der Waals surface area contributed by atoms with Gasteiger partial charge in [-0.15, -0.1) is 11.3 Å². The number of aromatic nitrogens is 1. The molecule has 27 heavy (non-hydrogen) atoms. The van der Waals surface area contributed by atoms with Crippen molar-refractivity contribution in [1.29, 1.82) is 0 Å². The Balaban J connectivity index is 1.96. The van der Waals surface area contributed by atoms with E-state index in [1.165, 1.54) is 6.92 Å². The van der Waals surface area contributed by atoms with Gasteiger partial charge in [-0.25, -0.2) is 4.98 Å². The highest BCUT2D eigenvalue weighted by Crippen LogP contribution is 2.38. The van der Waals surface area contributed by atoms with Crippen LogP contribution in [0.2, 0.25) is 0 Å². The lowest BCUT2D eigenvalue weighted by molar-refractivity contribution is -0.118. The first-order valence-corrected chi connectivity index (χ1v) is 9.45. The van der Waals surface area contributed by atoms with E-state index >= 15 is 0 Å². The maximum atomic E-state index is 11.1. The van der Waals surface area contributed by atoms with Crippen LogP contribution in [-0.2, 0) is 11.2 Å². The number of thiazole rings is 1. The van der Waals surface area contributed by atoms with Crippen LogP contribution < -0.4 is 14.8 Å². The summed E-state index contributed by atoms with van der Waals surface area (Å²) in [6, 6.07) is 15.9. The topological polar surface area (TPSA) is 60.5 Å². The van der Waals surface area contributed by atoms with E-state index < -0.39 is 0 Å². The monoisotopic (exact) mass is 382 g/mol. The fraction of sp³-hybridized carbons (Fsp3) is 0.238. The van der Waals surface area contributed by atoms with Crippen LogP contribution in [0, 0.1) is 0 Å². The first-order valence-electron chi connectivity index (χ1n) is 8.63. The molecule has 0 atom stereocenters. The molecule has 1 aromatic heterocycles. The second-order valence-electron chi connectivity index (χ2n) is 5.98. The Morgan fingerprint density at radius 3 is 2.04 bits per heavy atom. The predicted molar refractivity (Wildman–Crippen MR) is 108 cm³/mol. The van der Waals surface area contributed by atoms with Crippen molar-refractivity contribution < 1.29 is 14.3 Å². The van der Waals surface area contributed by atoms with Gasteiger partial charge in [0.25, 0.3) is 0 Å². The van der Waals surface area contributed by atoms with Gasteiger partial charge in [0.2, 0.25) is 5.91 Å². The predicted octanol–water partition coefficient (Wildman–Crippen LogP) is 4.17.